The Morgan fingerprint density at radius 1 is 0.857 bits per heavy atom. The number of ketones is 1. The van der Waals surface area contributed by atoms with Crippen LogP contribution in [0.1, 0.15) is 22.3 Å². The maximum atomic E-state index is 14.5. The summed E-state index contributed by atoms with van der Waals surface area (Å²) >= 11 is 0. The molecule has 13 heteroatoms. The number of rotatable bonds is 9. The summed E-state index contributed by atoms with van der Waals surface area (Å²) in [5.41, 5.74) is 0.807. The lowest BCUT2D eigenvalue weighted by atomic mass is 10.0. The highest BCUT2D eigenvalue weighted by molar-refractivity contribution is 6.41. The first-order valence-electron chi connectivity index (χ1n) is 15.2. The van der Waals surface area contributed by atoms with Crippen LogP contribution in [0.3, 0.4) is 0 Å². The molecule has 1 amide bonds. The molecule has 0 saturated carbocycles. The molecule has 0 atom stereocenters. The highest BCUT2D eigenvalue weighted by Gasteiger charge is 2.26. The lowest BCUT2D eigenvalue weighted by Crippen LogP contribution is -2.50. The van der Waals surface area contributed by atoms with Crippen LogP contribution in [0.4, 0.5) is 23.2 Å². The summed E-state index contributed by atoms with van der Waals surface area (Å²) in [7, 11) is 0. The molecule has 1 N–H and O–H groups in total. The number of aliphatic hydroxyl groups is 1. The minimum Gasteiger partial charge on any atom is -0.507 e. The van der Waals surface area contributed by atoms with Gasteiger partial charge in [-0.15, -0.1) is 0 Å². The van der Waals surface area contributed by atoms with Crippen molar-refractivity contribution in [2.24, 2.45) is 0 Å². The summed E-state index contributed by atoms with van der Waals surface area (Å²) in [6.07, 6.45) is 6.73. The van der Waals surface area contributed by atoms with Crippen molar-refractivity contribution in [1.29, 1.82) is 0 Å². The molecule has 9 nitrogen and oxygen atoms in total. The molecule has 49 heavy (non-hydrogen) atoms. The van der Waals surface area contributed by atoms with E-state index in [1.807, 2.05) is 35.0 Å². The number of hydrogen-bond donors (Lipinski definition) is 1. The molecule has 0 spiro atoms. The third kappa shape index (κ3) is 7.45. The Kier molecular flexibility index (Phi) is 9.42. The van der Waals surface area contributed by atoms with Gasteiger partial charge in [-0.3, -0.25) is 14.4 Å². The van der Waals surface area contributed by atoms with Gasteiger partial charge in [0.05, 0.1) is 18.4 Å². The number of imidazole rings is 1. The third-order valence-corrected chi connectivity index (χ3v) is 8.19. The van der Waals surface area contributed by atoms with E-state index in [0.29, 0.717) is 30.8 Å². The van der Waals surface area contributed by atoms with Gasteiger partial charge in [-0.05, 0) is 65.2 Å². The van der Waals surface area contributed by atoms with E-state index in [1.165, 1.54) is 29.3 Å². The Morgan fingerprint density at radius 3 is 2.29 bits per heavy atom. The van der Waals surface area contributed by atoms with Crippen LogP contribution in [-0.2, 0) is 22.6 Å². The number of aromatic nitrogens is 3. The van der Waals surface area contributed by atoms with Gasteiger partial charge in [-0.25, -0.2) is 22.5 Å². The van der Waals surface area contributed by atoms with Gasteiger partial charge >= 0.3 is 0 Å². The van der Waals surface area contributed by atoms with Crippen LogP contribution in [0, 0.1) is 23.3 Å². The second-order valence-corrected chi connectivity index (χ2v) is 11.5. The molecule has 1 aliphatic rings. The molecule has 0 bridgehead atoms. The Balaban J connectivity index is 1.20. The maximum Gasteiger partial charge on any atom is 0.294 e. The summed E-state index contributed by atoms with van der Waals surface area (Å²) in [5.74, 6) is -7.06. The summed E-state index contributed by atoms with van der Waals surface area (Å²) in [5, 5.41) is 11.0. The molecule has 0 radical (unpaired) electrons. The van der Waals surface area contributed by atoms with Gasteiger partial charge in [0.2, 0.25) is 5.78 Å². The fraction of sp³-hybridized carbons (Fsp3) is 0.167. The lowest BCUT2D eigenvalue weighted by Gasteiger charge is -2.35. The molecule has 3 heterocycles. The molecule has 1 saturated heterocycles. The lowest BCUT2D eigenvalue weighted by molar-refractivity contribution is -0.142. The van der Waals surface area contributed by atoms with E-state index in [2.05, 4.69) is 9.88 Å². The summed E-state index contributed by atoms with van der Waals surface area (Å²) < 4.78 is 59.2. The number of halogens is 4. The second kappa shape index (κ2) is 14.0. The van der Waals surface area contributed by atoms with Crippen LogP contribution in [0.2, 0.25) is 0 Å². The smallest absolute Gasteiger partial charge is 0.294 e. The Labute approximate surface area is 277 Å². The first-order valence-corrected chi connectivity index (χ1v) is 15.2. The van der Waals surface area contributed by atoms with E-state index >= 15 is 0 Å². The number of nitrogens with zero attached hydrogens (tertiary/aromatic N) is 5. The quantitative estimate of drug-likeness (QED) is 0.0775. The molecule has 6 rings (SSSR count). The first kappa shape index (κ1) is 32.9. The number of aliphatic hydroxyl groups excluding tert-OH is 1. The Hall–Kier alpha value is -5.98. The van der Waals surface area contributed by atoms with Crippen molar-refractivity contribution in [1.82, 2.24) is 19.0 Å². The van der Waals surface area contributed by atoms with Gasteiger partial charge in [0.15, 0.2) is 11.6 Å². The average molecular weight is 672 g/mol. The zero-order chi connectivity index (χ0) is 34.7. The van der Waals surface area contributed by atoms with Crippen molar-refractivity contribution >= 4 is 23.1 Å². The zero-order valence-corrected chi connectivity index (χ0v) is 25.9. The highest BCUT2D eigenvalue weighted by Crippen LogP contribution is 2.22. The number of anilines is 1. The van der Waals surface area contributed by atoms with Gasteiger partial charge < -0.3 is 24.0 Å². The number of benzene rings is 3. The van der Waals surface area contributed by atoms with Crippen molar-refractivity contribution in [3.8, 4) is 5.69 Å². The molecule has 0 unspecified atom stereocenters. The Morgan fingerprint density at radius 2 is 1.59 bits per heavy atom. The maximum absolute atomic E-state index is 14.5. The van der Waals surface area contributed by atoms with Crippen LogP contribution in [0.15, 0.2) is 103 Å². The fourth-order valence-electron chi connectivity index (χ4n) is 5.72. The second-order valence-electron chi connectivity index (χ2n) is 11.5. The van der Waals surface area contributed by atoms with E-state index in [0.717, 1.165) is 28.1 Å². The van der Waals surface area contributed by atoms with E-state index in [1.54, 1.807) is 18.6 Å². The summed E-state index contributed by atoms with van der Waals surface area (Å²) in [4.78, 5) is 47.0. The topological polar surface area (TPSA) is 101 Å². The minimum atomic E-state index is -1.40. The fourth-order valence-corrected chi connectivity index (χ4v) is 5.72. The monoisotopic (exact) mass is 671 g/mol. The standard InChI is InChI=1S/C36H29F4N5O4/c37-26-3-1-2-23(15-26)20-45-21-24(14-25-17-27(38)18-31(39)34(25)40)16-30(35(45)48)32(46)19-33(47)36(49)43-12-10-42(11-13-43)28-4-6-29(7-5-28)44-9-8-41-22-44/h1-9,15-19,21-22,46H,10-14,20H2. The molecular weight excluding hydrogens is 642 g/mol. The van der Waals surface area contributed by atoms with Crippen molar-refractivity contribution in [3.05, 3.63) is 154 Å². The molecule has 1 aliphatic heterocycles. The van der Waals surface area contributed by atoms with Gasteiger partial charge in [0, 0.05) is 74.7 Å². The van der Waals surface area contributed by atoms with E-state index in [4.69, 9.17) is 0 Å². The number of amides is 1. The molecule has 5 aromatic rings. The van der Waals surface area contributed by atoms with Crippen LogP contribution >= 0.6 is 0 Å². The van der Waals surface area contributed by atoms with E-state index in [9.17, 15) is 37.1 Å². The van der Waals surface area contributed by atoms with Crippen LogP contribution in [0.5, 0.6) is 0 Å². The number of hydrogen-bond acceptors (Lipinski definition) is 6. The van der Waals surface area contributed by atoms with Crippen molar-refractivity contribution < 1.29 is 32.3 Å². The number of carbonyl (C=O) groups is 2. The number of piperazine rings is 1. The van der Waals surface area contributed by atoms with Gasteiger partial charge in [0.25, 0.3) is 11.5 Å². The average Bonchev–Trinajstić information content (AvgIpc) is 3.63. The molecule has 1 fully saturated rings. The van der Waals surface area contributed by atoms with Gasteiger partial charge in [0.1, 0.15) is 17.4 Å². The predicted molar refractivity (Wildman–Crippen MR) is 173 cm³/mol. The minimum absolute atomic E-state index is 0.141. The largest absolute Gasteiger partial charge is 0.507 e. The van der Waals surface area contributed by atoms with Crippen molar-refractivity contribution in [2.45, 2.75) is 13.0 Å². The molecular formula is C36H29F4N5O4. The van der Waals surface area contributed by atoms with E-state index < -0.39 is 58.3 Å². The van der Waals surface area contributed by atoms with Crippen LogP contribution in [0.25, 0.3) is 11.4 Å². The molecule has 0 aliphatic carbocycles. The van der Waals surface area contributed by atoms with Gasteiger partial charge in [-0.1, -0.05) is 12.1 Å². The summed E-state index contributed by atoms with van der Waals surface area (Å²) in [6.45, 7) is 1.17. The van der Waals surface area contributed by atoms with E-state index in [-0.39, 0.29) is 30.8 Å². The predicted octanol–water partition coefficient (Wildman–Crippen LogP) is 5.05. The van der Waals surface area contributed by atoms with Crippen molar-refractivity contribution in [2.75, 3.05) is 31.1 Å². The summed E-state index contributed by atoms with van der Waals surface area (Å²) in [6, 6.07) is 15.5. The highest BCUT2D eigenvalue weighted by atomic mass is 19.2. The SMILES string of the molecule is O=C(C=C(O)c1cc(Cc2cc(F)cc(F)c2F)cn(Cc2cccc(F)c2)c1=O)C(=O)N1CCN(c2ccc(-n3ccnc3)cc2)CC1. The zero-order valence-electron chi connectivity index (χ0n) is 25.9. The molecule has 2 aromatic heterocycles. The third-order valence-electron chi connectivity index (χ3n) is 8.19. The van der Waals surface area contributed by atoms with Crippen LogP contribution in [-0.4, -0.2) is 62.0 Å². The molecule has 250 valence electrons. The first-order chi connectivity index (χ1) is 23.5. The Bertz CT molecular complexity index is 2110. The normalized spacial score (nSPS) is 13.5. The molecule has 3 aromatic carbocycles. The van der Waals surface area contributed by atoms with Crippen LogP contribution < -0.4 is 10.5 Å². The number of carbonyl (C=O) groups excluding carboxylic acids is 2. The van der Waals surface area contributed by atoms with Crippen molar-refractivity contribution in [3.63, 3.8) is 0 Å². The number of pyridine rings is 1. The van der Waals surface area contributed by atoms with Gasteiger partial charge in [-0.2, -0.15) is 0 Å².